The predicted octanol–water partition coefficient (Wildman–Crippen LogP) is 3.13. The molecular formula is C16H28N2O2. The molecule has 0 bridgehead atoms. The van der Waals surface area contributed by atoms with Crippen LogP contribution in [0, 0.1) is 0 Å². The fraction of sp³-hybridized carbons (Fsp3) is 0.812. The lowest BCUT2D eigenvalue weighted by Gasteiger charge is -2.36. The van der Waals surface area contributed by atoms with E-state index in [1.807, 2.05) is 20.8 Å². The predicted molar refractivity (Wildman–Crippen MR) is 80.7 cm³/mol. The summed E-state index contributed by atoms with van der Waals surface area (Å²) in [4.78, 5) is 11.6. The highest BCUT2D eigenvalue weighted by Crippen LogP contribution is 2.22. The molecule has 0 aromatic heterocycles. The zero-order valence-electron chi connectivity index (χ0n) is 13.0. The third kappa shape index (κ3) is 5.16. The quantitative estimate of drug-likeness (QED) is 0.761. The first kappa shape index (κ1) is 15.4. The molecule has 0 aliphatic heterocycles. The third-order valence-corrected chi connectivity index (χ3v) is 3.87. The Bertz CT molecular complexity index is 365. The van der Waals surface area contributed by atoms with Gasteiger partial charge >= 0.3 is 6.09 Å². The standard InChI is InChI=1S/C16H28N2O2/c1-16(2,3)20-15(19)18-14-10-13(11-14)17-9-8-12-6-4-5-7-12/h6,13-14,17H,4-5,7-11H2,1-3H3,(H,18,19). The van der Waals surface area contributed by atoms with Crippen LogP contribution < -0.4 is 10.6 Å². The number of hydrogen-bond acceptors (Lipinski definition) is 3. The molecule has 0 atom stereocenters. The molecule has 0 radical (unpaired) electrons. The topological polar surface area (TPSA) is 50.4 Å². The first-order chi connectivity index (χ1) is 9.42. The Labute approximate surface area is 122 Å². The summed E-state index contributed by atoms with van der Waals surface area (Å²) in [6.07, 6.45) is 9.18. The molecule has 1 fully saturated rings. The van der Waals surface area contributed by atoms with Crippen molar-refractivity contribution in [1.82, 2.24) is 10.6 Å². The van der Waals surface area contributed by atoms with Crippen LogP contribution in [-0.2, 0) is 4.74 Å². The minimum absolute atomic E-state index is 0.271. The van der Waals surface area contributed by atoms with Crippen LogP contribution >= 0.6 is 0 Å². The number of rotatable bonds is 5. The zero-order chi connectivity index (χ0) is 14.6. The largest absolute Gasteiger partial charge is 0.444 e. The van der Waals surface area contributed by atoms with Crippen LogP contribution in [0.3, 0.4) is 0 Å². The van der Waals surface area contributed by atoms with Crippen LogP contribution in [0.5, 0.6) is 0 Å². The second-order valence-electron chi connectivity index (χ2n) is 6.97. The monoisotopic (exact) mass is 280 g/mol. The summed E-state index contributed by atoms with van der Waals surface area (Å²) in [5.41, 5.74) is 1.20. The van der Waals surface area contributed by atoms with Gasteiger partial charge in [0, 0.05) is 12.1 Å². The van der Waals surface area contributed by atoms with Crippen molar-refractivity contribution in [1.29, 1.82) is 0 Å². The molecule has 0 aromatic rings. The van der Waals surface area contributed by atoms with Crippen molar-refractivity contribution in [2.24, 2.45) is 0 Å². The number of alkyl carbamates (subject to hydrolysis) is 1. The van der Waals surface area contributed by atoms with Crippen molar-refractivity contribution in [3.63, 3.8) is 0 Å². The third-order valence-electron chi connectivity index (χ3n) is 3.87. The molecule has 0 unspecified atom stereocenters. The van der Waals surface area contributed by atoms with Gasteiger partial charge in [0.25, 0.3) is 0 Å². The van der Waals surface area contributed by atoms with E-state index in [9.17, 15) is 4.79 Å². The number of amides is 1. The Morgan fingerprint density at radius 2 is 2.10 bits per heavy atom. The van der Waals surface area contributed by atoms with Crippen molar-refractivity contribution in [3.05, 3.63) is 11.6 Å². The van der Waals surface area contributed by atoms with Gasteiger partial charge in [0.2, 0.25) is 0 Å². The molecule has 114 valence electrons. The summed E-state index contributed by atoms with van der Waals surface area (Å²) in [7, 11) is 0. The molecule has 0 saturated heterocycles. The van der Waals surface area contributed by atoms with Crippen LogP contribution in [0.15, 0.2) is 11.6 Å². The first-order valence-corrected chi connectivity index (χ1v) is 7.83. The molecule has 0 heterocycles. The number of hydrogen-bond donors (Lipinski definition) is 2. The van der Waals surface area contributed by atoms with Crippen LogP contribution in [0.2, 0.25) is 0 Å². The summed E-state index contributed by atoms with van der Waals surface area (Å²) in [6, 6.07) is 0.824. The molecule has 1 saturated carbocycles. The highest BCUT2D eigenvalue weighted by atomic mass is 16.6. The van der Waals surface area contributed by atoms with Crippen LogP contribution in [-0.4, -0.2) is 30.3 Å². The molecule has 2 aliphatic rings. The average molecular weight is 280 g/mol. The summed E-state index contributed by atoms with van der Waals surface area (Å²) in [5, 5.41) is 6.49. The molecule has 4 heteroatoms. The maximum Gasteiger partial charge on any atom is 0.407 e. The second-order valence-corrected chi connectivity index (χ2v) is 6.97. The SMILES string of the molecule is CC(C)(C)OC(=O)NC1CC(NCCC2=CCCC2)C1. The first-order valence-electron chi connectivity index (χ1n) is 7.83. The summed E-state index contributed by atoms with van der Waals surface area (Å²) >= 11 is 0. The maximum atomic E-state index is 11.6. The van der Waals surface area contributed by atoms with E-state index in [0.29, 0.717) is 6.04 Å². The minimum Gasteiger partial charge on any atom is -0.444 e. The molecule has 1 amide bonds. The fourth-order valence-corrected chi connectivity index (χ4v) is 2.78. The number of ether oxygens (including phenoxy) is 1. The Morgan fingerprint density at radius 3 is 2.70 bits per heavy atom. The van der Waals surface area contributed by atoms with Crippen molar-refractivity contribution < 1.29 is 9.53 Å². The van der Waals surface area contributed by atoms with E-state index in [2.05, 4.69) is 16.7 Å². The molecule has 20 heavy (non-hydrogen) atoms. The second kappa shape index (κ2) is 6.61. The zero-order valence-corrected chi connectivity index (χ0v) is 13.0. The number of nitrogens with one attached hydrogen (secondary N) is 2. The Hall–Kier alpha value is -1.03. The molecular weight excluding hydrogens is 252 g/mol. The van der Waals surface area contributed by atoms with E-state index in [1.165, 1.54) is 25.7 Å². The highest BCUT2D eigenvalue weighted by molar-refractivity contribution is 5.68. The lowest BCUT2D eigenvalue weighted by atomic mass is 9.87. The van der Waals surface area contributed by atoms with E-state index in [0.717, 1.165) is 19.4 Å². The van der Waals surface area contributed by atoms with Gasteiger partial charge in [-0.3, -0.25) is 0 Å². The number of carbonyl (C=O) groups is 1. The number of carbonyl (C=O) groups excluding carboxylic acids is 1. The lowest BCUT2D eigenvalue weighted by molar-refractivity contribution is 0.0465. The van der Waals surface area contributed by atoms with Gasteiger partial charge in [0.05, 0.1) is 0 Å². The minimum atomic E-state index is -0.416. The van der Waals surface area contributed by atoms with E-state index >= 15 is 0 Å². The average Bonchev–Trinajstić information content (AvgIpc) is 2.75. The van der Waals surface area contributed by atoms with Crippen molar-refractivity contribution >= 4 is 6.09 Å². The van der Waals surface area contributed by atoms with Crippen LogP contribution in [0.4, 0.5) is 4.79 Å². The van der Waals surface area contributed by atoms with Gasteiger partial charge in [-0.2, -0.15) is 0 Å². The van der Waals surface area contributed by atoms with E-state index in [-0.39, 0.29) is 12.1 Å². The molecule has 4 nitrogen and oxygen atoms in total. The normalized spacial score (nSPS) is 25.9. The van der Waals surface area contributed by atoms with Gasteiger partial charge in [-0.25, -0.2) is 4.79 Å². The van der Waals surface area contributed by atoms with Gasteiger partial charge in [0.15, 0.2) is 0 Å². The van der Waals surface area contributed by atoms with Crippen molar-refractivity contribution in [2.45, 2.75) is 77.0 Å². The fourth-order valence-electron chi connectivity index (χ4n) is 2.78. The summed E-state index contributed by atoms with van der Waals surface area (Å²) < 4.78 is 5.25. The Morgan fingerprint density at radius 1 is 1.35 bits per heavy atom. The van der Waals surface area contributed by atoms with Crippen LogP contribution in [0.25, 0.3) is 0 Å². The molecule has 2 aliphatic carbocycles. The van der Waals surface area contributed by atoms with Gasteiger partial charge in [-0.05, 0) is 65.8 Å². The van der Waals surface area contributed by atoms with Gasteiger partial charge < -0.3 is 15.4 Å². The van der Waals surface area contributed by atoms with E-state index < -0.39 is 5.60 Å². The van der Waals surface area contributed by atoms with E-state index in [1.54, 1.807) is 5.57 Å². The smallest absolute Gasteiger partial charge is 0.407 e. The lowest BCUT2D eigenvalue weighted by Crippen LogP contribution is -2.53. The van der Waals surface area contributed by atoms with Crippen molar-refractivity contribution in [3.8, 4) is 0 Å². The van der Waals surface area contributed by atoms with Crippen LogP contribution in [0.1, 0.15) is 59.3 Å². The van der Waals surface area contributed by atoms with E-state index in [4.69, 9.17) is 4.74 Å². The van der Waals surface area contributed by atoms with Crippen molar-refractivity contribution in [2.75, 3.05) is 6.54 Å². The maximum absolute atomic E-state index is 11.6. The molecule has 2 N–H and O–H groups in total. The summed E-state index contributed by atoms with van der Waals surface area (Å²) in [5.74, 6) is 0. The number of allylic oxidation sites excluding steroid dienone is 1. The van der Waals surface area contributed by atoms with Gasteiger partial charge in [-0.1, -0.05) is 11.6 Å². The van der Waals surface area contributed by atoms with Gasteiger partial charge in [0.1, 0.15) is 5.60 Å². The molecule has 2 rings (SSSR count). The Kier molecular flexibility index (Phi) is 5.08. The van der Waals surface area contributed by atoms with Gasteiger partial charge in [-0.15, -0.1) is 0 Å². The Balaban J connectivity index is 1.52. The summed E-state index contributed by atoms with van der Waals surface area (Å²) in [6.45, 7) is 6.72. The molecule has 0 spiro atoms. The highest BCUT2D eigenvalue weighted by Gasteiger charge is 2.31. The molecule has 0 aromatic carbocycles.